The summed E-state index contributed by atoms with van der Waals surface area (Å²) in [5, 5.41) is 7.41. The van der Waals surface area contributed by atoms with Crippen LogP contribution in [0, 0.1) is 0 Å². The number of carbonyl (C=O) groups excluding carboxylic acids is 1. The second kappa shape index (κ2) is 7.93. The summed E-state index contributed by atoms with van der Waals surface area (Å²) in [5.41, 5.74) is 1.28. The first-order valence-electron chi connectivity index (χ1n) is 6.38. The van der Waals surface area contributed by atoms with E-state index in [1.807, 2.05) is 0 Å². The third-order valence-electron chi connectivity index (χ3n) is 2.92. The van der Waals surface area contributed by atoms with E-state index in [-0.39, 0.29) is 5.91 Å². The number of thioether (sulfide) groups is 1. The molecular formula is C14H16Cl2N2OS. The minimum atomic E-state index is 0.00507. The molecule has 2 N–H and O–H groups in total. The smallest absolute Gasteiger partial charge is 0.230 e. The zero-order valence-electron chi connectivity index (χ0n) is 10.9. The lowest BCUT2D eigenvalue weighted by Crippen LogP contribution is -2.30. The Hall–Kier alpha value is -0.680. The van der Waals surface area contributed by atoms with Gasteiger partial charge in [0.15, 0.2) is 0 Å². The van der Waals surface area contributed by atoms with Gasteiger partial charge in [-0.05, 0) is 31.2 Å². The van der Waals surface area contributed by atoms with E-state index >= 15 is 0 Å². The predicted octanol–water partition coefficient (Wildman–Crippen LogP) is 3.12. The number of amides is 1. The highest BCUT2D eigenvalue weighted by Gasteiger charge is 2.08. The summed E-state index contributed by atoms with van der Waals surface area (Å²) in [5.74, 6) is 0.344. The standard InChI is InChI=1S/C14H16Cl2N2OS/c15-11-1-2-12(16)13(7-11)20-9-14(19)18-8-10-3-5-17-6-4-10/h1-3,7,17H,4-6,8-9H2,(H,18,19). The van der Waals surface area contributed by atoms with Crippen molar-refractivity contribution in [3.05, 3.63) is 39.9 Å². The molecule has 108 valence electrons. The van der Waals surface area contributed by atoms with Gasteiger partial charge in [0.25, 0.3) is 0 Å². The Kier molecular flexibility index (Phi) is 6.23. The second-order valence-corrected chi connectivity index (χ2v) is 6.32. The molecule has 6 heteroatoms. The Balaban J connectivity index is 1.77. The maximum absolute atomic E-state index is 11.8. The number of carbonyl (C=O) groups is 1. The van der Waals surface area contributed by atoms with E-state index < -0.39 is 0 Å². The fourth-order valence-corrected chi connectivity index (χ4v) is 3.15. The highest BCUT2D eigenvalue weighted by molar-refractivity contribution is 8.00. The van der Waals surface area contributed by atoms with Crippen molar-refractivity contribution in [2.45, 2.75) is 11.3 Å². The lowest BCUT2D eigenvalue weighted by molar-refractivity contribution is -0.118. The third-order valence-corrected chi connectivity index (χ3v) is 4.65. The number of benzene rings is 1. The number of hydrogen-bond acceptors (Lipinski definition) is 3. The summed E-state index contributed by atoms with van der Waals surface area (Å²) in [6, 6.07) is 5.25. The topological polar surface area (TPSA) is 41.1 Å². The van der Waals surface area contributed by atoms with Crippen LogP contribution in [0.25, 0.3) is 0 Å². The Morgan fingerprint density at radius 3 is 3.00 bits per heavy atom. The third kappa shape index (κ3) is 5.02. The molecule has 1 aromatic rings. The zero-order chi connectivity index (χ0) is 14.4. The van der Waals surface area contributed by atoms with Crippen molar-refractivity contribution in [3.8, 4) is 0 Å². The van der Waals surface area contributed by atoms with Gasteiger partial charge in [-0.1, -0.05) is 34.9 Å². The Morgan fingerprint density at radius 1 is 1.40 bits per heavy atom. The van der Waals surface area contributed by atoms with Gasteiger partial charge in [0.1, 0.15) is 0 Å². The molecule has 0 radical (unpaired) electrons. The molecule has 20 heavy (non-hydrogen) atoms. The lowest BCUT2D eigenvalue weighted by atomic mass is 10.1. The van der Waals surface area contributed by atoms with Crippen LogP contribution in [0.4, 0.5) is 0 Å². The molecular weight excluding hydrogens is 315 g/mol. The summed E-state index contributed by atoms with van der Waals surface area (Å²) in [6.45, 7) is 2.50. The fourth-order valence-electron chi connectivity index (χ4n) is 1.82. The van der Waals surface area contributed by atoms with E-state index in [1.54, 1.807) is 18.2 Å². The number of halogens is 2. The highest BCUT2D eigenvalue weighted by atomic mass is 35.5. The van der Waals surface area contributed by atoms with Crippen molar-refractivity contribution in [3.63, 3.8) is 0 Å². The monoisotopic (exact) mass is 330 g/mol. The molecule has 1 heterocycles. The molecule has 0 spiro atoms. The summed E-state index contributed by atoms with van der Waals surface area (Å²) in [4.78, 5) is 12.6. The van der Waals surface area contributed by atoms with Crippen LogP contribution in [0.3, 0.4) is 0 Å². The minimum absolute atomic E-state index is 0.00507. The molecule has 1 aliphatic rings. The van der Waals surface area contributed by atoms with Crippen LogP contribution in [0.2, 0.25) is 10.0 Å². The number of nitrogens with one attached hydrogen (secondary N) is 2. The van der Waals surface area contributed by atoms with E-state index in [0.29, 0.717) is 22.3 Å². The van der Waals surface area contributed by atoms with Crippen molar-refractivity contribution < 1.29 is 4.79 Å². The molecule has 0 saturated carbocycles. The van der Waals surface area contributed by atoms with Crippen molar-refractivity contribution in [2.75, 3.05) is 25.4 Å². The quantitative estimate of drug-likeness (QED) is 0.643. The molecule has 0 bridgehead atoms. The van der Waals surface area contributed by atoms with E-state index in [4.69, 9.17) is 23.2 Å². The van der Waals surface area contributed by atoms with Gasteiger partial charge in [-0.3, -0.25) is 4.79 Å². The SMILES string of the molecule is O=C(CSc1cc(Cl)ccc1Cl)NCC1=CCNCC1. The first-order chi connectivity index (χ1) is 9.65. The van der Waals surface area contributed by atoms with Gasteiger partial charge < -0.3 is 10.6 Å². The number of hydrogen-bond donors (Lipinski definition) is 2. The van der Waals surface area contributed by atoms with E-state index in [1.165, 1.54) is 17.3 Å². The molecule has 0 saturated heterocycles. The van der Waals surface area contributed by atoms with Gasteiger partial charge >= 0.3 is 0 Å². The highest BCUT2D eigenvalue weighted by Crippen LogP contribution is 2.29. The van der Waals surface area contributed by atoms with Crippen LogP contribution in [0.5, 0.6) is 0 Å². The normalized spacial score (nSPS) is 14.8. The molecule has 1 amide bonds. The van der Waals surface area contributed by atoms with Gasteiger partial charge in [-0.25, -0.2) is 0 Å². The van der Waals surface area contributed by atoms with Gasteiger partial charge in [-0.15, -0.1) is 11.8 Å². The van der Waals surface area contributed by atoms with Crippen LogP contribution in [-0.2, 0) is 4.79 Å². The molecule has 0 atom stereocenters. The van der Waals surface area contributed by atoms with Crippen LogP contribution >= 0.6 is 35.0 Å². The van der Waals surface area contributed by atoms with Gasteiger partial charge in [0, 0.05) is 23.0 Å². The first kappa shape index (κ1) is 15.7. The number of rotatable bonds is 5. The van der Waals surface area contributed by atoms with Crippen LogP contribution in [-0.4, -0.2) is 31.3 Å². The average Bonchev–Trinajstić information content (AvgIpc) is 2.47. The van der Waals surface area contributed by atoms with Crippen LogP contribution in [0.1, 0.15) is 6.42 Å². The molecule has 1 aliphatic heterocycles. The Labute approximate surface area is 133 Å². The van der Waals surface area contributed by atoms with Gasteiger partial charge in [0.05, 0.1) is 10.8 Å². The molecule has 2 rings (SSSR count). The fraction of sp³-hybridized carbons (Fsp3) is 0.357. The van der Waals surface area contributed by atoms with Crippen molar-refractivity contribution >= 4 is 40.9 Å². The summed E-state index contributed by atoms with van der Waals surface area (Å²) >= 11 is 13.4. The van der Waals surface area contributed by atoms with Crippen molar-refractivity contribution in [1.29, 1.82) is 0 Å². The maximum atomic E-state index is 11.8. The Morgan fingerprint density at radius 2 is 2.25 bits per heavy atom. The van der Waals surface area contributed by atoms with E-state index in [9.17, 15) is 4.79 Å². The summed E-state index contributed by atoms with van der Waals surface area (Å²) in [6.07, 6.45) is 3.12. The van der Waals surface area contributed by atoms with E-state index in [2.05, 4.69) is 16.7 Å². The molecule has 0 unspecified atom stereocenters. The largest absolute Gasteiger partial charge is 0.352 e. The molecule has 3 nitrogen and oxygen atoms in total. The zero-order valence-corrected chi connectivity index (χ0v) is 13.2. The van der Waals surface area contributed by atoms with Crippen molar-refractivity contribution in [1.82, 2.24) is 10.6 Å². The maximum Gasteiger partial charge on any atom is 0.230 e. The predicted molar refractivity (Wildman–Crippen MR) is 85.8 cm³/mol. The molecule has 0 aliphatic carbocycles. The summed E-state index contributed by atoms with van der Waals surface area (Å²) in [7, 11) is 0. The summed E-state index contributed by atoms with van der Waals surface area (Å²) < 4.78 is 0. The van der Waals surface area contributed by atoms with Gasteiger partial charge in [-0.2, -0.15) is 0 Å². The molecule has 0 fully saturated rings. The Bertz CT molecular complexity index is 520. The average molecular weight is 331 g/mol. The van der Waals surface area contributed by atoms with Crippen LogP contribution in [0.15, 0.2) is 34.7 Å². The first-order valence-corrected chi connectivity index (χ1v) is 8.12. The molecule has 0 aromatic heterocycles. The second-order valence-electron chi connectivity index (χ2n) is 4.46. The molecule has 1 aromatic carbocycles. The van der Waals surface area contributed by atoms with Crippen molar-refractivity contribution in [2.24, 2.45) is 0 Å². The van der Waals surface area contributed by atoms with E-state index in [0.717, 1.165) is 24.4 Å². The lowest BCUT2D eigenvalue weighted by Gasteiger charge is -2.14. The van der Waals surface area contributed by atoms with Crippen LogP contribution < -0.4 is 10.6 Å². The van der Waals surface area contributed by atoms with Gasteiger partial charge in [0.2, 0.25) is 5.91 Å². The minimum Gasteiger partial charge on any atom is -0.352 e.